The molecule has 2 aromatic rings. The maximum atomic E-state index is 13.3. The van der Waals surface area contributed by atoms with Crippen molar-refractivity contribution in [2.75, 3.05) is 5.32 Å². The number of carboxylic acid groups (broad SMARTS) is 1. The first-order valence-electron chi connectivity index (χ1n) is 7.27. The molecule has 0 spiro atoms. The summed E-state index contributed by atoms with van der Waals surface area (Å²) in [5, 5.41) is 12.0. The van der Waals surface area contributed by atoms with Crippen molar-refractivity contribution in [2.24, 2.45) is 0 Å². The van der Waals surface area contributed by atoms with Crippen molar-refractivity contribution in [3.8, 4) is 0 Å². The molecular formula is C17H13FN2O3. The van der Waals surface area contributed by atoms with Gasteiger partial charge in [-0.05, 0) is 49.1 Å². The highest BCUT2D eigenvalue weighted by atomic mass is 19.1. The van der Waals surface area contributed by atoms with E-state index in [1.807, 2.05) is 0 Å². The lowest BCUT2D eigenvalue weighted by molar-refractivity contribution is -0.110. The molecule has 0 atom stereocenters. The molecule has 1 aliphatic carbocycles. The Kier molecular flexibility index (Phi) is 2.72. The lowest BCUT2D eigenvalue weighted by atomic mass is 9.99. The molecule has 23 heavy (non-hydrogen) atoms. The Morgan fingerprint density at radius 2 is 2.09 bits per heavy atom. The number of aromatic carboxylic acids is 1. The molecule has 1 aromatic heterocycles. The third-order valence-corrected chi connectivity index (χ3v) is 4.46. The second kappa shape index (κ2) is 4.55. The predicted octanol–water partition coefficient (Wildman–Crippen LogP) is 2.97. The van der Waals surface area contributed by atoms with Crippen LogP contribution in [0, 0.1) is 12.7 Å². The maximum Gasteiger partial charge on any atom is 0.337 e. The smallest absolute Gasteiger partial charge is 0.337 e. The highest BCUT2D eigenvalue weighted by molar-refractivity contribution is 6.37. The molecular weight excluding hydrogens is 299 g/mol. The monoisotopic (exact) mass is 312 g/mol. The van der Waals surface area contributed by atoms with Crippen LogP contribution in [-0.2, 0) is 11.2 Å². The van der Waals surface area contributed by atoms with Gasteiger partial charge in [-0.1, -0.05) is 0 Å². The minimum Gasteiger partial charge on any atom is -0.478 e. The molecule has 0 bridgehead atoms. The molecule has 1 aromatic carbocycles. The van der Waals surface area contributed by atoms with Crippen molar-refractivity contribution < 1.29 is 19.1 Å². The van der Waals surface area contributed by atoms with Gasteiger partial charge in [0.1, 0.15) is 5.82 Å². The highest BCUT2D eigenvalue weighted by Crippen LogP contribution is 2.44. The summed E-state index contributed by atoms with van der Waals surface area (Å²) in [6.07, 6.45) is 1.16. The quantitative estimate of drug-likeness (QED) is 0.708. The average Bonchev–Trinajstić information content (AvgIpc) is 3.08. The van der Waals surface area contributed by atoms with Crippen LogP contribution in [0.15, 0.2) is 18.2 Å². The molecule has 0 saturated carbocycles. The van der Waals surface area contributed by atoms with E-state index in [1.54, 1.807) is 13.0 Å². The Bertz CT molecular complexity index is 924. The highest BCUT2D eigenvalue weighted by Gasteiger charge is 2.34. The number of carbonyl (C=O) groups is 2. The average molecular weight is 312 g/mol. The van der Waals surface area contributed by atoms with Crippen LogP contribution in [0.2, 0.25) is 0 Å². The maximum absolute atomic E-state index is 13.3. The van der Waals surface area contributed by atoms with Gasteiger partial charge in [0.05, 0.1) is 16.8 Å². The summed E-state index contributed by atoms with van der Waals surface area (Å²) in [5.74, 6) is -1.66. The Morgan fingerprint density at radius 1 is 1.30 bits per heavy atom. The second-order valence-electron chi connectivity index (χ2n) is 5.78. The number of nitrogens with one attached hydrogen (secondary N) is 2. The molecule has 2 heterocycles. The number of halogens is 1. The molecule has 116 valence electrons. The van der Waals surface area contributed by atoms with Gasteiger partial charge in [-0.25, -0.2) is 9.18 Å². The molecule has 5 nitrogen and oxygen atoms in total. The zero-order valence-corrected chi connectivity index (χ0v) is 12.3. The van der Waals surface area contributed by atoms with Gasteiger partial charge in [-0.2, -0.15) is 0 Å². The van der Waals surface area contributed by atoms with Gasteiger partial charge in [-0.3, -0.25) is 4.79 Å². The Labute approximate surface area is 130 Å². The van der Waals surface area contributed by atoms with E-state index in [-0.39, 0.29) is 11.5 Å². The summed E-state index contributed by atoms with van der Waals surface area (Å²) in [6.45, 7) is 1.71. The number of H-pyrrole nitrogens is 1. The standard InChI is InChI=1S/C17H13FN2O3/c1-7-13(17(22)23)10-4-5-11(15(10)19-7)14-9-3-2-8(18)6-12(9)20-16(14)21/h2-3,6,19H,4-5H2,1H3,(H,20,21)(H,22,23)/b14-11-. The first-order valence-corrected chi connectivity index (χ1v) is 7.27. The van der Waals surface area contributed by atoms with Gasteiger partial charge in [0.2, 0.25) is 0 Å². The lowest BCUT2D eigenvalue weighted by Gasteiger charge is -2.04. The number of aromatic amines is 1. The fourth-order valence-electron chi connectivity index (χ4n) is 3.54. The van der Waals surface area contributed by atoms with E-state index in [4.69, 9.17) is 0 Å². The minimum absolute atomic E-state index is 0.280. The lowest BCUT2D eigenvalue weighted by Crippen LogP contribution is -2.05. The van der Waals surface area contributed by atoms with Crippen molar-refractivity contribution in [3.05, 3.63) is 52.1 Å². The van der Waals surface area contributed by atoms with Crippen LogP contribution < -0.4 is 5.32 Å². The summed E-state index contributed by atoms with van der Waals surface area (Å²) in [4.78, 5) is 26.9. The molecule has 6 heteroatoms. The van der Waals surface area contributed by atoms with Crippen molar-refractivity contribution in [1.29, 1.82) is 0 Å². The molecule has 3 N–H and O–H groups in total. The third-order valence-electron chi connectivity index (χ3n) is 4.46. The number of fused-ring (bicyclic) bond motifs is 2. The summed E-state index contributed by atoms with van der Waals surface area (Å²) in [6, 6.07) is 4.19. The van der Waals surface area contributed by atoms with Crippen molar-refractivity contribution in [1.82, 2.24) is 4.98 Å². The molecule has 1 aliphatic heterocycles. The van der Waals surface area contributed by atoms with E-state index in [0.717, 1.165) is 11.1 Å². The van der Waals surface area contributed by atoms with Crippen LogP contribution >= 0.6 is 0 Å². The minimum atomic E-state index is -0.968. The van der Waals surface area contributed by atoms with Gasteiger partial charge < -0.3 is 15.4 Å². The number of hydrogen-bond acceptors (Lipinski definition) is 2. The number of allylic oxidation sites excluding steroid dienone is 1. The Balaban J connectivity index is 1.95. The molecule has 0 radical (unpaired) electrons. The summed E-state index contributed by atoms with van der Waals surface area (Å²) in [7, 11) is 0. The second-order valence-corrected chi connectivity index (χ2v) is 5.78. The van der Waals surface area contributed by atoms with Crippen LogP contribution in [0.3, 0.4) is 0 Å². The van der Waals surface area contributed by atoms with Crippen molar-refractivity contribution in [3.63, 3.8) is 0 Å². The molecule has 0 saturated heterocycles. The van der Waals surface area contributed by atoms with E-state index in [2.05, 4.69) is 10.3 Å². The van der Waals surface area contributed by atoms with E-state index in [0.29, 0.717) is 41.1 Å². The topological polar surface area (TPSA) is 82.2 Å². The summed E-state index contributed by atoms with van der Waals surface area (Å²) in [5.41, 5.74) is 4.71. The molecule has 2 aliphatic rings. The molecule has 0 fully saturated rings. The number of rotatable bonds is 1. The van der Waals surface area contributed by atoms with Gasteiger partial charge >= 0.3 is 5.97 Å². The van der Waals surface area contributed by atoms with Crippen molar-refractivity contribution >= 4 is 28.7 Å². The Morgan fingerprint density at radius 3 is 2.83 bits per heavy atom. The van der Waals surface area contributed by atoms with Gasteiger partial charge in [0.25, 0.3) is 5.91 Å². The van der Waals surface area contributed by atoms with Crippen molar-refractivity contribution in [2.45, 2.75) is 19.8 Å². The number of benzene rings is 1. The largest absolute Gasteiger partial charge is 0.478 e. The van der Waals surface area contributed by atoms with E-state index in [1.165, 1.54) is 12.1 Å². The van der Waals surface area contributed by atoms with E-state index >= 15 is 0 Å². The van der Waals surface area contributed by atoms with E-state index in [9.17, 15) is 19.1 Å². The van der Waals surface area contributed by atoms with Crippen LogP contribution in [0.4, 0.5) is 10.1 Å². The Hall–Kier alpha value is -2.89. The number of anilines is 1. The number of aromatic nitrogens is 1. The van der Waals surface area contributed by atoms with Gasteiger partial charge in [0.15, 0.2) is 0 Å². The number of hydrogen-bond donors (Lipinski definition) is 3. The summed E-state index contributed by atoms with van der Waals surface area (Å²) < 4.78 is 13.3. The SMILES string of the molecule is Cc1[nH]c2c(c1C(=O)O)CC/C2=C1/C(=O)Nc2cc(F)ccc21. The van der Waals surface area contributed by atoms with Crippen LogP contribution in [0.25, 0.3) is 11.1 Å². The third kappa shape index (κ3) is 1.84. The number of carboxylic acids is 1. The number of aryl methyl sites for hydroxylation is 1. The van der Waals surface area contributed by atoms with E-state index < -0.39 is 11.8 Å². The van der Waals surface area contributed by atoms with Crippen LogP contribution in [0.1, 0.15) is 39.3 Å². The number of amides is 1. The van der Waals surface area contributed by atoms with Gasteiger partial charge in [0, 0.05) is 17.0 Å². The first kappa shape index (κ1) is 13.8. The zero-order valence-electron chi connectivity index (χ0n) is 12.3. The molecule has 1 amide bonds. The molecule has 4 rings (SSSR count). The zero-order chi connectivity index (χ0) is 16.3. The summed E-state index contributed by atoms with van der Waals surface area (Å²) >= 11 is 0. The predicted molar refractivity (Wildman–Crippen MR) is 82.7 cm³/mol. The number of carbonyl (C=O) groups excluding carboxylic acids is 1. The first-order chi connectivity index (χ1) is 11.0. The van der Waals surface area contributed by atoms with Crippen LogP contribution in [-0.4, -0.2) is 22.0 Å². The van der Waals surface area contributed by atoms with Gasteiger partial charge in [-0.15, -0.1) is 0 Å². The fraction of sp³-hybridized carbons (Fsp3) is 0.176. The fourth-order valence-corrected chi connectivity index (χ4v) is 3.54. The normalized spacial score (nSPS) is 18.8. The molecule has 0 unspecified atom stereocenters. The van der Waals surface area contributed by atoms with Crippen LogP contribution in [0.5, 0.6) is 0 Å².